The summed E-state index contributed by atoms with van der Waals surface area (Å²) in [5.74, 6) is -2.41. The number of amides is 2. The summed E-state index contributed by atoms with van der Waals surface area (Å²) in [6, 6.07) is -1.39. The van der Waals surface area contributed by atoms with Gasteiger partial charge in [-0.05, 0) is 83.1 Å². The Labute approximate surface area is 347 Å². The molecule has 4 N–H and O–H groups in total. The molecular formula is C48H82N2O7. The quantitative estimate of drug-likeness (QED) is 0.0275. The second kappa shape index (κ2) is 42.2. The third-order valence-electron chi connectivity index (χ3n) is 9.73. The van der Waals surface area contributed by atoms with Crippen LogP contribution in [0.4, 0.5) is 0 Å². The summed E-state index contributed by atoms with van der Waals surface area (Å²) < 4.78 is 5.92. The normalized spacial score (nSPS) is 13.0. The van der Waals surface area contributed by atoms with Gasteiger partial charge in [0, 0.05) is 12.8 Å². The number of aliphatic hydroxyl groups excluding tert-OH is 1. The molecule has 57 heavy (non-hydrogen) atoms. The van der Waals surface area contributed by atoms with Crippen molar-refractivity contribution in [3.05, 3.63) is 60.8 Å². The molecule has 0 radical (unpaired) electrons. The number of hydrogen-bond acceptors (Lipinski definition) is 6. The molecule has 0 saturated heterocycles. The molecule has 0 saturated carbocycles. The van der Waals surface area contributed by atoms with Gasteiger partial charge in [0.15, 0.2) is 0 Å². The molecule has 9 heteroatoms. The van der Waals surface area contributed by atoms with Crippen LogP contribution in [-0.2, 0) is 23.9 Å². The number of unbranched alkanes of at least 4 members (excludes halogenated alkanes) is 18. The molecule has 0 spiro atoms. The number of carboxylic acid groups (broad SMARTS) is 1. The Morgan fingerprint density at radius 3 is 1.60 bits per heavy atom. The summed E-state index contributed by atoms with van der Waals surface area (Å²) >= 11 is 0. The minimum Gasteiger partial charge on any atom is -0.480 e. The highest BCUT2D eigenvalue weighted by Gasteiger charge is 2.18. The van der Waals surface area contributed by atoms with Crippen LogP contribution in [0.3, 0.4) is 0 Å². The largest absolute Gasteiger partial charge is 0.480 e. The van der Waals surface area contributed by atoms with Crippen molar-refractivity contribution < 1.29 is 34.1 Å². The van der Waals surface area contributed by atoms with Crippen molar-refractivity contribution in [3.63, 3.8) is 0 Å². The monoisotopic (exact) mass is 799 g/mol. The molecule has 0 bridgehead atoms. The van der Waals surface area contributed by atoms with E-state index >= 15 is 0 Å². The number of aliphatic carboxylic acids is 1. The van der Waals surface area contributed by atoms with Crippen LogP contribution in [0.1, 0.15) is 194 Å². The van der Waals surface area contributed by atoms with E-state index in [9.17, 15) is 19.2 Å². The smallest absolute Gasteiger partial charge is 0.328 e. The van der Waals surface area contributed by atoms with Gasteiger partial charge in [0.1, 0.15) is 12.1 Å². The molecule has 0 aromatic carbocycles. The molecule has 2 unspecified atom stereocenters. The van der Waals surface area contributed by atoms with Crippen molar-refractivity contribution in [3.8, 4) is 0 Å². The first-order chi connectivity index (χ1) is 27.8. The lowest BCUT2D eigenvalue weighted by Gasteiger charge is -2.15. The van der Waals surface area contributed by atoms with Gasteiger partial charge in [0.25, 0.3) is 0 Å². The van der Waals surface area contributed by atoms with Crippen LogP contribution in [0.5, 0.6) is 0 Å². The second-order valence-electron chi connectivity index (χ2n) is 15.1. The predicted molar refractivity (Wildman–Crippen MR) is 236 cm³/mol. The second-order valence-corrected chi connectivity index (χ2v) is 15.1. The Balaban J connectivity index is 4.37. The van der Waals surface area contributed by atoms with Crippen molar-refractivity contribution in [2.24, 2.45) is 0 Å². The van der Waals surface area contributed by atoms with Gasteiger partial charge in [-0.25, -0.2) is 4.79 Å². The number of rotatable bonds is 40. The maximum atomic E-state index is 12.8. The summed E-state index contributed by atoms with van der Waals surface area (Å²) in [4.78, 5) is 47.6. The molecule has 0 fully saturated rings. The number of carbonyl (C=O) groups excluding carboxylic acids is 3. The van der Waals surface area contributed by atoms with Crippen molar-refractivity contribution in [2.45, 2.75) is 206 Å². The molecule has 0 heterocycles. The Bertz CT molecular complexity index is 1140. The van der Waals surface area contributed by atoms with Gasteiger partial charge in [-0.1, -0.05) is 158 Å². The lowest BCUT2D eigenvalue weighted by molar-refractivity contribution is -0.147. The van der Waals surface area contributed by atoms with Gasteiger partial charge >= 0.3 is 11.9 Å². The van der Waals surface area contributed by atoms with E-state index in [1.54, 1.807) is 0 Å². The average Bonchev–Trinajstić information content (AvgIpc) is 3.20. The molecular weight excluding hydrogens is 717 g/mol. The highest BCUT2D eigenvalue weighted by atomic mass is 16.5. The fourth-order valence-corrected chi connectivity index (χ4v) is 6.27. The molecule has 9 nitrogen and oxygen atoms in total. The van der Waals surface area contributed by atoms with E-state index < -0.39 is 24.5 Å². The highest BCUT2D eigenvalue weighted by molar-refractivity contribution is 5.87. The molecule has 0 aromatic heterocycles. The van der Waals surface area contributed by atoms with Crippen LogP contribution in [0.15, 0.2) is 60.8 Å². The molecule has 0 aromatic rings. The SMILES string of the molecule is CC/C=C\C/C=C\C/C=C\C/C=C\C(CCCCCCCC(=O)NCC(=O)NC(CO)C(=O)O)OC(=O)CCCCCCCCC/C=C\CCCCCCCCC. The number of carboxylic acids is 1. The van der Waals surface area contributed by atoms with Crippen LogP contribution in [-0.4, -0.2) is 59.3 Å². The number of nitrogens with one attached hydrogen (secondary N) is 2. The van der Waals surface area contributed by atoms with Crippen LogP contribution in [0.25, 0.3) is 0 Å². The zero-order valence-corrected chi connectivity index (χ0v) is 36.1. The summed E-state index contributed by atoms with van der Waals surface area (Å²) in [5.41, 5.74) is 0. The predicted octanol–water partition coefficient (Wildman–Crippen LogP) is 11.3. The third-order valence-corrected chi connectivity index (χ3v) is 9.73. The van der Waals surface area contributed by atoms with E-state index in [1.165, 1.54) is 83.5 Å². The first-order valence-corrected chi connectivity index (χ1v) is 22.7. The average molecular weight is 799 g/mol. The minimum absolute atomic E-state index is 0.125. The standard InChI is InChI=1S/C48H82N2O7/c1-3-5-7-9-11-13-15-16-17-18-19-20-21-23-25-27-32-36-40-47(54)57-43(37-33-29-26-24-22-14-12-10-8-6-4-2)38-34-30-28-31-35-39-45(52)49-41-46(53)50-44(42-51)48(55)56/h6,8,12,14,17-18,24,26,33,37,43-44,51H,3-5,7,9-11,13,15-16,19-23,25,27-32,34-36,38-42H2,1-2H3,(H,49,52)(H,50,53)(H,55,56)/b8-6-,14-12-,18-17-,26-24-,37-33-. The van der Waals surface area contributed by atoms with E-state index in [0.717, 1.165) is 77.0 Å². The van der Waals surface area contributed by atoms with Crippen LogP contribution < -0.4 is 10.6 Å². The topological polar surface area (TPSA) is 142 Å². The van der Waals surface area contributed by atoms with Gasteiger partial charge < -0.3 is 25.6 Å². The number of aliphatic hydroxyl groups is 1. The molecule has 0 rings (SSSR count). The number of carbonyl (C=O) groups is 4. The van der Waals surface area contributed by atoms with Gasteiger partial charge in [0.05, 0.1) is 13.2 Å². The summed E-state index contributed by atoms with van der Waals surface area (Å²) in [6.07, 6.45) is 51.3. The van der Waals surface area contributed by atoms with Crippen molar-refractivity contribution in [1.29, 1.82) is 0 Å². The molecule has 0 aliphatic heterocycles. The van der Waals surface area contributed by atoms with Crippen molar-refractivity contribution >= 4 is 23.8 Å². The zero-order chi connectivity index (χ0) is 41.9. The Kier molecular flexibility index (Phi) is 39.6. The third kappa shape index (κ3) is 39.2. The lowest BCUT2D eigenvalue weighted by atomic mass is 10.1. The van der Waals surface area contributed by atoms with Crippen molar-refractivity contribution in [2.75, 3.05) is 13.2 Å². The fourth-order valence-electron chi connectivity index (χ4n) is 6.27. The summed E-state index contributed by atoms with van der Waals surface area (Å²) in [6.45, 7) is 3.34. The maximum Gasteiger partial charge on any atom is 0.328 e. The van der Waals surface area contributed by atoms with Gasteiger partial charge in [-0.2, -0.15) is 0 Å². The van der Waals surface area contributed by atoms with Crippen LogP contribution in [0.2, 0.25) is 0 Å². The number of ether oxygens (including phenoxy) is 1. The van der Waals surface area contributed by atoms with E-state index in [0.29, 0.717) is 12.8 Å². The highest BCUT2D eigenvalue weighted by Crippen LogP contribution is 2.15. The number of allylic oxidation sites excluding steroid dienone is 9. The maximum absolute atomic E-state index is 12.8. The Hall–Kier alpha value is -3.46. The van der Waals surface area contributed by atoms with E-state index in [4.69, 9.17) is 14.9 Å². The molecule has 0 aliphatic rings. The Morgan fingerprint density at radius 2 is 1.05 bits per heavy atom. The van der Waals surface area contributed by atoms with Gasteiger partial charge in [-0.3, -0.25) is 14.4 Å². The number of esters is 1. The van der Waals surface area contributed by atoms with Gasteiger partial charge in [0.2, 0.25) is 11.8 Å². The van der Waals surface area contributed by atoms with Crippen LogP contribution >= 0.6 is 0 Å². The van der Waals surface area contributed by atoms with E-state index in [-0.39, 0.29) is 30.9 Å². The lowest BCUT2D eigenvalue weighted by Crippen LogP contribution is -2.47. The fraction of sp³-hybridized carbons (Fsp3) is 0.708. The molecule has 2 amide bonds. The van der Waals surface area contributed by atoms with Gasteiger partial charge in [-0.15, -0.1) is 0 Å². The van der Waals surface area contributed by atoms with E-state index in [1.807, 2.05) is 6.08 Å². The van der Waals surface area contributed by atoms with Crippen LogP contribution in [0, 0.1) is 0 Å². The minimum atomic E-state index is -1.39. The number of hydrogen-bond donors (Lipinski definition) is 4. The summed E-state index contributed by atoms with van der Waals surface area (Å²) in [5, 5.41) is 22.5. The first kappa shape index (κ1) is 53.5. The van der Waals surface area contributed by atoms with E-state index in [2.05, 4.69) is 79.2 Å². The molecule has 2 atom stereocenters. The van der Waals surface area contributed by atoms with Crippen molar-refractivity contribution in [1.82, 2.24) is 10.6 Å². The zero-order valence-electron chi connectivity index (χ0n) is 36.1. The Morgan fingerprint density at radius 1 is 0.561 bits per heavy atom. The molecule has 0 aliphatic carbocycles. The first-order valence-electron chi connectivity index (χ1n) is 22.7. The summed E-state index contributed by atoms with van der Waals surface area (Å²) in [7, 11) is 0. The molecule has 326 valence electrons.